The molecule has 0 saturated carbocycles. The Labute approximate surface area is 136 Å². The summed E-state index contributed by atoms with van der Waals surface area (Å²) in [7, 11) is 0. The lowest BCUT2D eigenvalue weighted by molar-refractivity contribution is -0.117. The first-order valence-electron chi connectivity index (χ1n) is 6.82. The Bertz CT molecular complexity index is 715. The van der Waals surface area contributed by atoms with Crippen LogP contribution in [0.4, 0.5) is 5.13 Å². The van der Waals surface area contributed by atoms with Crippen molar-refractivity contribution in [1.82, 2.24) is 10.4 Å². The molecule has 0 aliphatic carbocycles. The van der Waals surface area contributed by atoms with Crippen LogP contribution in [0.15, 0.2) is 35.7 Å². The molecular formula is C15H15N3O4S. The Morgan fingerprint density at radius 2 is 1.96 bits per heavy atom. The van der Waals surface area contributed by atoms with Crippen LogP contribution in [0.3, 0.4) is 0 Å². The summed E-state index contributed by atoms with van der Waals surface area (Å²) in [5.41, 5.74) is 2.97. The van der Waals surface area contributed by atoms with Crippen molar-refractivity contribution in [2.24, 2.45) is 0 Å². The Hall–Kier alpha value is -2.74. The van der Waals surface area contributed by atoms with Gasteiger partial charge in [-0.05, 0) is 19.1 Å². The van der Waals surface area contributed by atoms with Crippen LogP contribution in [0.1, 0.15) is 34.7 Å². The van der Waals surface area contributed by atoms with Gasteiger partial charge in [0.2, 0.25) is 11.0 Å². The highest BCUT2D eigenvalue weighted by Gasteiger charge is 2.21. The van der Waals surface area contributed by atoms with Crippen molar-refractivity contribution in [2.75, 3.05) is 11.6 Å². The number of rotatable bonds is 4. The van der Waals surface area contributed by atoms with E-state index in [4.69, 9.17) is 4.74 Å². The molecule has 0 bridgehead atoms. The lowest BCUT2D eigenvalue weighted by atomic mass is 10.2. The fourth-order valence-corrected chi connectivity index (χ4v) is 2.48. The zero-order chi connectivity index (χ0) is 16.8. The van der Waals surface area contributed by atoms with Gasteiger partial charge in [0.1, 0.15) is 0 Å². The SMILES string of the molecule is CCOC(=O)c1csc(N(NC(=O)c2ccccc2)C(C)=O)n1. The molecule has 2 amide bonds. The summed E-state index contributed by atoms with van der Waals surface area (Å²) in [5, 5.41) is 2.66. The molecule has 0 aliphatic heterocycles. The molecule has 120 valence electrons. The molecule has 1 heterocycles. The summed E-state index contributed by atoms with van der Waals surface area (Å²) >= 11 is 1.06. The number of nitrogens with one attached hydrogen (secondary N) is 1. The minimum absolute atomic E-state index is 0.0899. The number of esters is 1. The maximum atomic E-state index is 12.2. The number of anilines is 1. The number of amides is 2. The number of hydrazine groups is 1. The molecule has 0 saturated heterocycles. The van der Waals surface area contributed by atoms with Crippen molar-refractivity contribution < 1.29 is 19.1 Å². The van der Waals surface area contributed by atoms with Crippen LogP contribution in [0.2, 0.25) is 0 Å². The van der Waals surface area contributed by atoms with Gasteiger partial charge in [0.25, 0.3) is 5.91 Å². The first kappa shape index (κ1) is 16.6. The Morgan fingerprint density at radius 3 is 2.57 bits per heavy atom. The van der Waals surface area contributed by atoms with E-state index in [2.05, 4.69) is 10.4 Å². The lowest BCUT2D eigenvalue weighted by Crippen LogP contribution is -2.45. The number of carbonyl (C=O) groups excluding carboxylic acids is 3. The van der Waals surface area contributed by atoms with Gasteiger partial charge >= 0.3 is 5.97 Å². The average molecular weight is 333 g/mol. The number of benzene rings is 1. The number of aromatic nitrogens is 1. The molecule has 1 aromatic carbocycles. The smallest absolute Gasteiger partial charge is 0.357 e. The molecular weight excluding hydrogens is 318 g/mol. The molecule has 2 aromatic rings. The standard InChI is InChI=1S/C15H15N3O4S/c1-3-22-14(21)12-9-23-15(16-12)18(10(2)19)17-13(20)11-7-5-4-6-8-11/h4-9H,3H2,1-2H3,(H,17,20). The second kappa shape index (κ2) is 7.50. The van der Waals surface area contributed by atoms with Gasteiger partial charge in [-0.1, -0.05) is 18.2 Å². The van der Waals surface area contributed by atoms with E-state index in [-0.39, 0.29) is 17.4 Å². The summed E-state index contributed by atoms with van der Waals surface area (Å²) in [4.78, 5) is 39.6. The van der Waals surface area contributed by atoms with E-state index in [1.165, 1.54) is 12.3 Å². The molecule has 1 N–H and O–H groups in total. The lowest BCUT2D eigenvalue weighted by Gasteiger charge is -2.18. The number of ether oxygens (including phenoxy) is 1. The van der Waals surface area contributed by atoms with Gasteiger partial charge < -0.3 is 4.74 Å². The Balaban J connectivity index is 2.18. The molecule has 0 atom stereocenters. The first-order chi connectivity index (χ1) is 11.0. The third kappa shape index (κ3) is 4.13. The Kier molecular flexibility index (Phi) is 5.42. The maximum absolute atomic E-state index is 12.2. The number of hydrogen-bond acceptors (Lipinski definition) is 6. The molecule has 0 radical (unpaired) electrons. The number of thiazole rings is 1. The van der Waals surface area contributed by atoms with Crippen LogP contribution in [-0.2, 0) is 9.53 Å². The van der Waals surface area contributed by atoms with Crippen LogP contribution in [0.5, 0.6) is 0 Å². The highest BCUT2D eigenvalue weighted by molar-refractivity contribution is 7.14. The minimum Gasteiger partial charge on any atom is -0.461 e. The predicted molar refractivity (Wildman–Crippen MR) is 85.1 cm³/mol. The van der Waals surface area contributed by atoms with E-state index in [0.29, 0.717) is 5.56 Å². The van der Waals surface area contributed by atoms with Crippen molar-refractivity contribution in [1.29, 1.82) is 0 Å². The van der Waals surface area contributed by atoms with E-state index in [9.17, 15) is 14.4 Å². The topological polar surface area (TPSA) is 88.6 Å². The second-order valence-corrected chi connectivity index (χ2v) is 5.23. The van der Waals surface area contributed by atoms with Crippen molar-refractivity contribution in [2.45, 2.75) is 13.8 Å². The monoisotopic (exact) mass is 333 g/mol. The van der Waals surface area contributed by atoms with Crippen LogP contribution in [0.25, 0.3) is 0 Å². The van der Waals surface area contributed by atoms with Gasteiger partial charge in [-0.25, -0.2) is 9.78 Å². The van der Waals surface area contributed by atoms with E-state index in [0.717, 1.165) is 16.3 Å². The van der Waals surface area contributed by atoms with Gasteiger partial charge in [-0.2, -0.15) is 5.01 Å². The van der Waals surface area contributed by atoms with Crippen LogP contribution in [-0.4, -0.2) is 29.4 Å². The predicted octanol–water partition coefficient (Wildman–Crippen LogP) is 2.02. The molecule has 0 aliphatic rings. The first-order valence-corrected chi connectivity index (χ1v) is 7.70. The normalized spacial score (nSPS) is 10.0. The van der Waals surface area contributed by atoms with Crippen LogP contribution >= 0.6 is 11.3 Å². The quantitative estimate of drug-likeness (QED) is 0.683. The number of hydrogen-bond donors (Lipinski definition) is 1. The number of carbonyl (C=O) groups is 3. The summed E-state index contributed by atoms with van der Waals surface area (Å²) < 4.78 is 4.85. The zero-order valence-electron chi connectivity index (χ0n) is 12.6. The van der Waals surface area contributed by atoms with Crippen molar-refractivity contribution in [3.05, 3.63) is 47.0 Å². The summed E-state index contributed by atoms with van der Waals surface area (Å²) in [6, 6.07) is 8.47. The minimum atomic E-state index is -0.576. The van der Waals surface area contributed by atoms with Gasteiger partial charge in [-0.3, -0.25) is 15.0 Å². The highest BCUT2D eigenvalue weighted by atomic mass is 32.1. The van der Waals surface area contributed by atoms with E-state index in [1.807, 2.05) is 0 Å². The van der Waals surface area contributed by atoms with E-state index < -0.39 is 17.8 Å². The maximum Gasteiger partial charge on any atom is 0.357 e. The summed E-state index contributed by atoms with van der Waals surface area (Å²) in [6.07, 6.45) is 0. The van der Waals surface area contributed by atoms with Gasteiger partial charge in [-0.15, -0.1) is 11.3 Å². The van der Waals surface area contributed by atoms with Crippen LogP contribution in [0, 0.1) is 0 Å². The molecule has 0 spiro atoms. The second-order valence-electron chi connectivity index (χ2n) is 4.40. The molecule has 1 aromatic heterocycles. The van der Waals surface area contributed by atoms with Gasteiger partial charge in [0.05, 0.1) is 6.61 Å². The van der Waals surface area contributed by atoms with Crippen molar-refractivity contribution >= 4 is 34.3 Å². The molecule has 0 unspecified atom stereocenters. The fourth-order valence-electron chi connectivity index (χ4n) is 1.68. The third-order valence-corrected chi connectivity index (χ3v) is 3.56. The molecule has 2 rings (SSSR count). The summed E-state index contributed by atoms with van der Waals surface area (Å²) in [6.45, 7) is 3.21. The van der Waals surface area contributed by atoms with E-state index >= 15 is 0 Å². The summed E-state index contributed by atoms with van der Waals surface area (Å²) in [5.74, 6) is -1.46. The Morgan fingerprint density at radius 1 is 1.26 bits per heavy atom. The average Bonchev–Trinajstić information content (AvgIpc) is 3.03. The van der Waals surface area contributed by atoms with Gasteiger partial charge in [0, 0.05) is 17.9 Å². The van der Waals surface area contributed by atoms with Crippen molar-refractivity contribution in [3.8, 4) is 0 Å². The molecule has 8 heteroatoms. The highest BCUT2D eigenvalue weighted by Crippen LogP contribution is 2.20. The zero-order valence-corrected chi connectivity index (χ0v) is 13.4. The largest absolute Gasteiger partial charge is 0.461 e. The van der Waals surface area contributed by atoms with Crippen molar-refractivity contribution in [3.63, 3.8) is 0 Å². The fraction of sp³-hybridized carbons (Fsp3) is 0.200. The van der Waals surface area contributed by atoms with E-state index in [1.54, 1.807) is 37.3 Å². The van der Waals surface area contributed by atoms with Crippen LogP contribution < -0.4 is 10.4 Å². The molecule has 7 nitrogen and oxygen atoms in total. The van der Waals surface area contributed by atoms with Gasteiger partial charge in [0.15, 0.2) is 5.69 Å². The third-order valence-electron chi connectivity index (χ3n) is 2.73. The number of nitrogens with zero attached hydrogens (tertiary/aromatic N) is 2. The molecule has 0 fully saturated rings. The molecule has 23 heavy (non-hydrogen) atoms.